The molecule has 0 aliphatic rings. The Kier molecular flexibility index (Phi) is 8.24. The second-order valence-corrected chi connectivity index (χ2v) is 9.62. The Balaban J connectivity index is 1.98. The van der Waals surface area contributed by atoms with Crippen molar-refractivity contribution in [2.24, 2.45) is 0 Å². The minimum absolute atomic E-state index is 0.0232. The van der Waals surface area contributed by atoms with Gasteiger partial charge in [0.1, 0.15) is 12.3 Å². The zero-order valence-electron chi connectivity index (χ0n) is 20.5. The lowest BCUT2D eigenvalue weighted by atomic mass is 10.1. The van der Waals surface area contributed by atoms with E-state index < -0.39 is 22.5 Å². The first kappa shape index (κ1) is 25.9. The highest BCUT2D eigenvalue weighted by atomic mass is 32.2. The number of nitrogens with zero attached hydrogens (tertiary/aromatic N) is 1. The molecule has 0 aromatic heterocycles. The maximum absolute atomic E-state index is 13.8. The van der Waals surface area contributed by atoms with E-state index in [0.717, 1.165) is 15.4 Å². The van der Waals surface area contributed by atoms with E-state index >= 15 is 0 Å². The first-order valence-electron chi connectivity index (χ1n) is 11.0. The smallest absolute Gasteiger partial charge is 0.264 e. The fourth-order valence-electron chi connectivity index (χ4n) is 3.54. The van der Waals surface area contributed by atoms with Crippen LogP contribution >= 0.6 is 0 Å². The third-order valence-electron chi connectivity index (χ3n) is 5.52. The molecule has 1 amide bonds. The lowest BCUT2D eigenvalue weighted by Gasteiger charge is -2.26. The number of nitrogens with one attached hydrogen (secondary N) is 1. The topological polar surface area (TPSA) is 94.2 Å². The monoisotopic (exact) mass is 498 g/mol. The molecule has 1 N–H and O–H groups in total. The first-order chi connectivity index (χ1) is 16.7. The lowest BCUT2D eigenvalue weighted by molar-refractivity contribution is -0.114. The van der Waals surface area contributed by atoms with Crippen LogP contribution in [-0.4, -0.2) is 41.7 Å². The Bertz CT molecular complexity index is 1290. The van der Waals surface area contributed by atoms with Crippen LogP contribution in [0.25, 0.3) is 0 Å². The Morgan fingerprint density at radius 1 is 0.943 bits per heavy atom. The standard InChI is InChI=1S/C26H30N2O6S/c1-6-34-21-12-10-20(11-13-21)27-26(29)17-28(23-9-7-8-18(2)19(23)3)35(30,31)22-14-15-24(32-4)25(16-22)33-5/h7-16H,6,17H2,1-5H3,(H,27,29). The molecule has 8 nitrogen and oxygen atoms in total. The van der Waals surface area contributed by atoms with Crippen LogP contribution in [0.4, 0.5) is 11.4 Å². The van der Waals surface area contributed by atoms with Gasteiger partial charge in [0.15, 0.2) is 11.5 Å². The van der Waals surface area contributed by atoms with Gasteiger partial charge >= 0.3 is 0 Å². The van der Waals surface area contributed by atoms with Crippen molar-refractivity contribution >= 4 is 27.3 Å². The van der Waals surface area contributed by atoms with Crippen LogP contribution in [0.1, 0.15) is 18.1 Å². The quantitative estimate of drug-likeness (QED) is 0.441. The maximum Gasteiger partial charge on any atom is 0.264 e. The molecule has 0 atom stereocenters. The van der Waals surface area contributed by atoms with Crippen molar-refractivity contribution in [3.63, 3.8) is 0 Å². The van der Waals surface area contributed by atoms with Crippen LogP contribution in [0.5, 0.6) is 17.2 Å². The predicted molar refractivity (Wildman–Crippen MR) is 136 cm³/mol. The molecule has 0 unspecified atom stereocenters. The molecule has 0 aliphatic heterocycles. The molecule has 0 saturated heterocycles. The van der Waals surface area contributed by atoms with Gasteiger partial charge in [-0.05, 0) is 74.4 Å². The second kappa shape index (κ2) is 11.1. The summed E-state index contributed by atoms with van der Waals surface area (Å²) in [6.07, 6.45) is 0. The van der Waals surface area contributed by atoms with Crippen LogP contribution in [0.15, 0.2) is 65.6 Å². The molecular formula is C26H30N2O6S. The van der Waals surface area contributed by atoms with Gasteiger partial charge in [0.2, 0.25) is 5.91 Å². The van der Waals surface area contributed by atoms with Crippen molar-refractivity contribution in [2.45, 2.75) is 25.7 Å². The minimum Gasteiger partial charge on any atom is -0.494 e. The van der Waals surface area contributed by atoms with E-state index in [0.29, 0.717) is 29.5 Å². The van der Waals surface area contributed by atoms with Gasteiger partial charge in [-0.25, -0.2) is 8.42 Å². The van der Waals surface area contributed by atoms with Gasteiger partial charge in [0.05, 0.1) is 31.4 Å². The van der Waals surface area contributed by atoms with Crippen LogP contribution in [0.3, 0.4) is 0 Å². The highest BCUT2D eigenvalue weighted by molar-refractivity contribution is 7.92. The molecule has 0 spiro atoms. The summed E-state index contributed by atoms with van der Waals surface area (Å²) in [7, 11) is -1.23. The second-order valence-electron chi connectivity index (χ2n) is 7.75. The molecule has 3 aromatic rings. The van der Waals surface area contributed by atoms with Crippen LogP contribution < -0.4 is 23.8 Å². The van der Waals surface area contributed by atoms with Gasteiger partial charge < -0.3 is 19.5 Å². The SMILES string of the molecule is CCOc1ccc(NC(=O)CN(c2cccc(C)c2C)S(=O)(=O)c2ccc(OC)c(OC)c2)cc1. The van der Waals surface area contributed by atoms with Gasteiger partial charge in [0, 0.05) is 11.8 Å². The van der Waals surface area contributed by atoms with Crippen molar-refractivity contribution in [3.8, 4) is 17.2 Å². The van der Waals surface area contributed by atoms with E-state index in [1.165, 1.54) is 32.4 Å². The highest BCUT2D eigenvalue weighted by Crippen LogP contribution is 2.33. The fourth-order valence-corrected chi connectivity index (χ4v) is 5.04. The zero-order chi connectivity index (χ0) is 25.6. The fraction of sp³-hybridized carbons (Fsp3) is 0.269. The largest absolute Gasteiger partial charge is 0.494 e. The molecule has 0 heterocycles. The number of carbonyl (C=O) groups is 1. The number of aryl methyl sites for hydroxylation is 1. The first-order valence-corrected chi connectivity index (χ1v) is 12.5. The van der Waals surface area contributed by atoms with Crippen LogP contribution in [-0.2, 0) is 14.8 Å². The van der Waals surface area contributed by atoms with E-state index in [1.807, 2.05) is 26.8 Å². The molecular weight excluding hydrogens is 468 g/mol. The van der Waals surface area contributed by atoms with E-state index in [1.54, 1.807) is 36.4 Å². The number of rotatable bonds is 10. The number of hydrogen-bond acceptors (Lipinski definition) is 6. The van der Waals surface area contributed by atoms with E-state index in [-0.39, 0.29) is 10.6 Å². The highest BCUT2D eigenvalue weighted by Gasteiger charge is 2.29. The molecule has 0 aliphatic carbocycles. The molecule has 3 aromatic carbocycles. The summed E-state index contributed by atoms with van der Waals surface area (Å²) >= 11 is 0. The normalized spacial score (nSPS) is 11.0. The number of methoxy groups -OCH3 is 2. The molecule has 9 heteroatoms. The summed E-state index contributed by atoms with van der Waals surface area (Å²) in [6.45, 7) is 5.71. The Labute approximate surface area is 206 Å². The average Bonchev–Trinajstić information content (AvgIpc) is 2.85. The van der Waals surface area contributed by atoms with Crippen LogP contribution in [0.2, 0.25) is 0 Å². The number of carbonyl (C=O) groups excluding carboxylic acids is 1. The Morgan fingerprint density at radius 2 is 1.63 bits per heavy atom. The summed E-state index contributed by atoms with van der Waals surface area (Å²) in [4.78, 5) is 13.0. The predicted octanol–water partition coefficient (Wildman–Crippen LogP) is 4.55. The Hall–Kier alpha value is -3.72. The maximum atomic E-state index is 13.8. The number of sulfonamides is 1. The van der Waals surface area contributed by atoms with Crippen molar-refractivity contribution in [1.29, 1.82) is 0 Å². The van der Waals surface area contributed by atoms with Crippen molar-refractivity contribution in [2.75, 3.05) is 37.0 Å². The van der Waals surface area contributed by atoms with Crippen molar-refractivity contribution in [3.05, 3.63) is 71.8 Å². The summed E-state index contributed by atoms with van der Waals surface area (Å²) in [5, 5.41) is 2.76. The molecule has 0 bridgehead atoms. The number of amides is 1. The van der Waals surface area contributed by atoms with Gasteiger partial charge in [-0.15, -0.1) is 0 Å². The number of hydrogen-bond donors (Lipinski definition) is 1. The third-order valence-corrected chi connectivity index (χ3v) is 7.28. The van der Waals surface area contributed by atoms with Gasteiger partial charge in [-0.2, -0.15) is 0 Å². The van der Waals surface area contributed by atoms with Gasteiger partial charge in [-0.3, -0.25) is 9.10 Å². The van der Waals surface area contributed by atoms with E-state index in [9.17, 15) is 13.2 Å². The van der Waals surface area contributed by atoms with Gasteiger partial charge in [-0.1, -0.05) is 12.1 Å². The summed E-state index contributed by atoms with van der Waals surface area (Å²) in [5.41, 5.74) is 2.61. The van der Waals surface area contributed by atoms with Crippen molar-refractivity contribution in [1.82, 2.24) is 0 Å². The van der Waals surface area contributed by atoms with E-state index in [2.05, 4.69) is 5.32 Å². The van der Waals surface area contributed by atoms with Gasteiger partial charge in [0.25, 0.3) is 10.0 Å². The van der Waals surface area contributed by atoms with Crippen molar-refractivity contribution < 1.29 is 27.4 Å². The third kappa shape index (κ3) is 5.86. The summed E-state index contributed by atoms with van der Waals surface area (Å²) < 4.78 is 44.7. The summed E-state index contributed by atoms with van der Waals surface area (Å²) in [5.74, 6) is 0.865. The lowest BCUT2D eigenvalue weighted by Crippen LogP contribution is -2.38. The molecule has 35 heavy (non-hydrogen) atoms. The number of anilines is 2. The molecule has 0 fully saturated rings. The summed E-state index contributed by atoms with van der Waals surface area (Å²) in [6, 6.07) is 16.6. The molecule has 0 radical (unpaired) electrons. The minimum atomic E-state index is -4.14. The molecule has 186 valence electrons. The average molecular weight is 499 g/mol. The van der Waals surface area contributed by atoms with Crippen LogP contribution in [0, 0.1) is 13.8 Å². The molecule has 0 saturated carbocycles. The molecule has 3 rings (SSSR count). The zero-order valence-corrected chi connectivity index (χ0v) is 21.3. The Morgan fingerprint density at radius 3 is 2.26 bits per heavy atom. The number of ether oxygens (including phenoxy) is 3. The number of benzene rings is 3. The van der Waals surface area contributed by atoms with E-state index in [4.69, 9.17) is 14.2 Å².